The van der Waals surface area contributed by atoms with Gasteiger partial charge in [-0.2, -0.15) is 0 Å². The molecule has 0 fully saturated rings. The molecule has 0 aliphatic rings. The molecule has 0 aliphatic carbocycles. The van der Waals surface area contributed by atoms with Crippen LogP contribution in [-0.2, 0) is 5.54 Å². The van der Waals surface area contributed by atoms with E-state index in [0.717, 1.165) is 39.3 Å². The third kappa shape index (κ3) is 3.36. The first-order valence-corrected chi connectivity index (χ1v) is 8.87. The highest BCUT2D eigenvalue weighted by Gasteiger charge is 2.20. The first-order chi connectivity index (χ1) is 12.9. The molecule has 2 aromatic carbocycles. The van der Waals surface area contributed by atoms with Gasteiger partial charge in [-0.1, -0.05) is 12.1 Å². The first kappa shape index (κ1) is 17.1. The average molecular weight is 358 g/mol. The van der Waals surface area contributed by atoms with E-state index in [-0.39, 0.29) is 5.54 Å². The summed E-state index contributed by atoms with van der Waals surface area (Å²) >= 11 is 0. The molecule has 0 radical (unpaired) electrons. The minimum atomic E-state index is -0.0664. The SMILES string of the molecule is CC(C)(C)n1cc(-c2ccc(Oc3ccc(N)cc3)cc2)c2cncnc21. The van der Waals surface area contributed by atoms with E-state index in [9.17, 15) is 0 Å². The van der Waals surface area contributed by atoms with Crippen LogP contribution in [0.3, 0.4) is 0 Å². The van der Waals surface area contributed by atoms with Crippen molar-refractivity contribution in [3.05, 3.63) is 67.3 Å². The minimum Gasteiger partial charge on any atom is -0.457 e. The standard InChI is InChI=1S/C22H22N4O/c1-22(2,3)26-13-20(19-12-24-14-25-21(19)26)15-4-8-17(9-5-15)27-18-10-6-16(23)7-11-18/h4-14H,23H2,1-3H3. The number of nitrogen functional groups attached to an aromatic ring is 1. The second-order valence-electron chi connectivity index (χ2n) is 7.54. The smallest absolute Gasteiger partial charge is 0.144 e. The summed E-state index contributed by atoms with van der Waals surface area (Å²) in [4.78, 5) is 8.71. The Morgan fingerprint density at radius 1 is 0.926 bits per heavy atom. The van der Waals surface area contributed by atoms with Gasteiger partial charge in [-0.15, -0.1) is 0 Å². The monoisotopic (exact) mass is 358 g/mol. The number of nitrogens with two attached hydrogens (primary N) is 1. The number of hydrogen-bond acceptors (Lipinski definition) is 4. The lowest BCUT2D eigenvalue weighted by atomic mass is 10.1. The van der Waals surface area contributed by atoms with E-state index < -0.39 is 0 Å². The van der Waals surface area contributed by atoms with Gasteiger partial charge in [0.25, 0.3) is 0 Å². The molecule has 0 amide bonds. The molecule has 5 nitrogen and oxygen atoms in total. The van der Waals surface area contributed by atoms with Gasteiger partial charge in [-0.25, -0.2) is 9.97 Å². The van der Waals surface area contributed by atoms with Crippen LogP contribution >= 0.6 is 0 Å². The van der Waals surface area contributed by atoms with Crippen molar-refractivity contribution in [1.82, 2.24) is 14.5 Å². The summed E-state index contributed by atoms with van der Waals surface area (Å²) in [7, 11) is 0. The Morgan fingerprint density at radius 3 is 2.19 bits per heavy atom. The Balaban J connectivity index is 1.69. The summed E-state index contributed by atoms with van der Waals surface area (Å²) in [6.45, 7) is 6.51. The van der Waals surface area contributed by atoms with E-state index in [1.807, 2.05) is 42.6 Å². The van der Waals surface area contributed by atoms with Crippen LogP contribution in [0, 0.1) is 0 Å². The molecular weight excluding hydrogens is 336 g/mol. The zero-order valence-electron chi connectivity index (χ0n) is 15.7. The third-order valence-corrected chi connectivity index (χ3v) is 4.47. The highest BCUT2D eigenvalue weighted by molar-refractivity contribution is 5.93. The van der Waals surface area contributed by atoms with E-state index in [1.54, 1.807) is 6.33 Å². The lowest BCUT2D eigenvalue weighted by molar-refractivity contribution is 0.408. The van der Waals surface area contributed by atoms with Crippen LogP contribution in [0.25, 0.3) is 22.2 Å². The number of benzene rings is 2. The second-order valence-corrected chi connectivity index (χ2v) is 7.54. The van der Waals surface area contributed by atoms with Crippen molar-refractivity contribution in [2.45, 2.75) is 26.3 Å². The van der Waals surface area contributed by atoms with Crippen molar-refractivity contribution in [2.24, 2.45) is 0 Å². The van der Waals surface area contributed by atoms with Crippen molar-refractivity contribution in [2.75, 3.05) is 5.73 Å². The number of ether oxygens (including phenoxy) is 1. The molecule has 2 heterocycles. The minimum absolute atomic E-state index is 0.0664. The highest BCUT2D eigenvalue weighted by atomic mass is 16.5. The van der Waals surface area contributed by atoms with Crippen LogP contribution in [0.2, 0.25) is 0 Å². The van der Waals surface area contributed by atoms with E-state index in [1.165, 1.54) is 0 Å². The van der Waals surface area contributed by atoms with Gasteiger partial charge in [0.15, 0.2) is 0 Å². The average Bonchev–Trinajstić information content (AvgIpc) is 3.04. The molecule has 0 aliphatic heterocycles. The van der Waals surface area contributed by atoms with Gasteiger partial charge in [-0.05, 0) is 62.7 Å². The lowest BCUT2D eigenvalue weighted by Gasteiger charge is -2.21. The maximum atomic E-state index is 5.89. The van der Waals surface area contributed by atoms with Crippen LogP contribution in [0.1, 0.15) is 20.8 Å². The maximum absolute atomic E-state index is 5.89. The summed E-state index contributed by atoms with van der Waals surface area (Å²) in [5, 5.41) is 1.04. The quantitative estimate of drug-likeness (QED) is 0.509. The Hall–Kier alpha value is -3.34. The number of fused-ring (bicyclic) bond motifs is 1. The molecule has 136 valence electrons. The molecule has 2 N–H and O–H groups in total. The fourth-order valence-corrected chi connectivity index (χ4v) is 3.08. The van der Waals surface area contributed by atoms with Crippen LogP contribution in [-0.4, -0.2) is 14.5 Å². The third-order valence-electron chi connectivity index (χ3n) is 4.47. The number of anilines is 1. The largest absolute Gasteiger partial charge is 0.457 e. The van der Waals surface area contributed by atoms with Crippen molar-refractivity contribution < 1.29 is 4.74 Å². The molecule has 0 saturated carbocycles. The molecular formula is C22H22N4O. The molecule has 27 heavy (non-hydrogen) atoms. The molecule has 2 aromatic heterocycles. The van der Waals surface area contributed by atoms with Crippen molar-refractivity contribution in [3.63, 3.8) is 0 Å². The molecule has 5 heteroatoms. The van der Waals surface area contributed by atoms with E-state index >= 15 is 0 Å². The van der Waals surface area contributed by atoms with Crippen LogP contribution in [0.15, 0.2) is 67.3 Å². The normalized spacial score (nSPS) is 11.7. The van der Waals surface area contributed by atoms with E-state index in [2.05, 4.69) is 53.6 Å². The number of rotatable bonds is 3. The zero-order chi connectivity index (χ0) is 19.0. The lowest BCUT2D eigenvalue weighted by Crippen LogP contribution is -2.20. The van der Waals surface area contributed by atoms with Crippen molar-refractivity contribution in [1.29, 1.82) is 0 Å². The predicted molar refractivity (Wildman–Crippen MR) is 109 cm³/mol. The van der Waals surface area contributed by atoms with Crippen LogP contribution < -0.4 is 10.5 Å². The second kappa shape index (κ2) is 6.43. The Morgan fingerprint density at radius 2 is 1.56 bits per heavy atom. The van der Waals surface area contributed by atoms with Crippen LogP contribution in [0.4, 0.5) is 5.69 Å². The number of hydrogen-bond donors (Lipinski definition) is 1. The van der Waals surface area contributed by atoms with Crippen molar-refractivity contribution in [3.8, 4) is 22.6 Å². The van der Waals surface area contributed by atoms with Gasteiger partial charge >= 0.3 is 0 Å². The topological polar surface area (TPSA) is 66.0 Å². The molecule has 0 saturated heterocycles. The Bertz CT molecular complexity index is 1070. The number of aromatic nitrogens is 3. The van der Waals surface area contributed by atoms with E-state index in [0.29, 0.717) is 0 Å². The fourth-order valence-electron chi connectivity index (χ4n) is 3.08. The summed E-state index contributed by atoms with van der Waals surface area (Å²) in [5.41, 5.74) is 9.52. The van der Waals surface area contributed by atoms with Gasteiger partial charge in [0.1, 0.15) is 23.5 Å². The molecule has 0 atom stereocenters. The Labute approximate surface area is 158 Å². The fraction of sp³-hybridized carbons (Fsp3) is 0.182. The Kier molecular flexibility index (Phi) is 4.07. The maximum Gasteiger partial charge on any atom is 0.144 e. The van der Waals surface area contributed by atoms with Crippen LogP contribution in [0.5, 0.6) is 11.5 Å². The van der Waals surface area contributed by atoms with E-state index in [4.69, 9.17) is 10.5 Å². The molecule has 4 aromatic rings. The zero-order valence-corrected chi connectivity index (χ0v) is 15.7. The first-order valence-electron chi connectivity index (χ1n) is 8.87. The van der Waals surface area contributed by atoms with Gasteiger partial charge < -0.3 is 15.0 Å². The van der Waals surface area contributed by atoms with Crippen molar-refractivity contribution >= 4 is 16.7 Å². The van der Waals surface area contributed by atoms with Gasteiger partial charge in [-0.3, -0.25) is 0 Å². The van der Waals surface area contributed by atoms with Gasteiger partial charge in [0.2, 0.25) is 0 Å². The highest BCUT2D eigenvalue weighted by Crippen LogP contribution is 2.34. The number of nitrogens with zero attached hydrogens (tertiary/aromatic N) is 3. The summed E-state index contributed by atoms with van der Waals surface area (Å²) in [6.07, 6.45) is 5.62. The molecule has 4 rings (SSSR count). The molecule has 0 unspecified atom stereocenters. The molecule has 0 bridgehead atoms. The van der Waals surface area contributed by atoms with Gasteiger partial charge in [0, 0.05) is 34.6 Å². The predicted octanol–water partition coefficient (Wildman–Crippen LogP) is 5.23. The molecule has 0 spiro atoms. The summed E-state index contributed by atoms with van der Waals surface area (Å²) in [5.74, 6) is 1.54. The summed E-state index contributed by atoms with van der Waals surface area (Å²) < 4.78 is 8.08. The van der Waals surface area contributed by atoms with Gasteiger partial charge in [0.05, 0.1) is 0 Å². The summed E-state index contributed by atoms with van der Waals surface area (Å²) in [6, 6.07) is 15.4.